The molecular formula is C26H32F5N5O3S. The van der Waals surface area contributed by atoms with Crippen molar-refractivity contribution < 1.29 is 35.8 Å². The molecule has 8 nitrogen and oxygen atoms in total. The Hall–Kier alpha value is -2.74. The quantitative estimate of drug-likeness (QED) is 0.357. The van der Waals surface area contributed by atoms with E-state index in [4.69, 9.17) is 4.74 Å². The van der Waals surface area contributed by atoms with Gasteiger partial charge in [-0.3, -0.25) is 4.79 Å². The van der Waals surface area contributed by atoms with Crippen LogP contribution in [0.25, 0.3) is 11.3 Å². The fraction of sp³-hybridized carbons (Fsp3) is 0.615. The summed E-state index contributed by atoms with van der Waals surface area (Å²) in [5.74, 6) is -1.95. The lowest BCUT2D eigenvalue weighted by Gasteiger charge is -2.38. The number of piperidine rings is 1. The maximum Gasteiger partial charge on any atom is 0.391 e. The molecule has 0 aromatic carbocycles. The van der Waals surface area contributed by atoms with Crippen LogP contribution in [0, 0.1) is 17.7 Å². The molecule has 1 unspecified atom stereocenters. The van der Waals surface area contributed by atoms with E-state index in [0.29, 0.717) is 38.3 Å². The summed E-state index contributed by atoms with van der Waals surface area (Å²) in [5, 5.41) is 7.03. The minimum absolute atomic E-state index is 0.0318. The van der Waals surface area contributed by atoms with Gasteiger partial charge in [0.15, 0.2) is 23.8 Å². The molecule has 14 heteroatoms. The Morgan fingerprint density at radius 2 is 1.90 bits per heavy atom. The lowest BCUT2D eigenvalue weighted by atomic mass is 9.86. The van der Waals surface area contributed by atoms with E-state index in [1.54, 1.807) is 11.9 Å². The van der Waals surface area contributed by atoms with Gasteiger partial charge < -0.3 is 19.7 Å². The van der Waals surface area contributed by atoms with E-state index in [9.17, 15) is 31.0 Å². The second-order valence-corrected chi connectivity index (χ2v) is 11.0. The van der Waals surface area contributed by atoms with Crippen molar-refractivity contribution in [3.05, 3.63) is 29.8 Å². The number of nitrogens with zero attached hydrogens (tertiary/aromatic N) is 4. The minimum atomic E-state index is -3.97. The van der Waals surface area contributed by atoms with Crippen LogP contribution in [-0.4, -0.2) is 69.7 Å². The number of hydrogen-bond donors (Lipinski definition) is 1. The molecule has 1 saturated heterocycles. The molecule has 0 bridgehead atoms. The van der Waals surface area contributed by atoms with Gasteiger partial charge in [-0.15, -0.1) is 3.89 Å². The van der Waals surface area contributed by atoms with Crippen LogP contribution in [-0.2, 0) is 4.79 Å². The number of halogens is 5. The van der Waals surface area contributed by atoms with Crippen molar-refractivity contribution in [2.75, 3.05) is 20.7 Å². The third kappa shape index (κ3) is 6.59. The van der Waals surface area contributed by atoms with E-state index in [1.807, 2.05) is 0 Å². The predicted molar refractivity (Wildman–Crippen MR) is 139 cm³/mol. The number of carbonyl (C=O) groups excluding carboxylic acids is 2. The average molecular weight is 590 g/mol. The lowest BCUT2D eigenvalue weighted by Crippen LogP contribution is -2.48. The number of aldehydes is 1. The molecule has 2 saturated carbocycles. The first-order chi connectivity index (χ1) is 19.0. The molecular weight excluding hydrogens is 557 g/mol. The van der Waals surface area contributed by atoms with Gasteiger partial charge in [-0.2, -0.15) is 22.4 Å². The number of ether oxygens (including phenoxy) is 1. The maximum atomic E-state index is 14.3. The number of nitrogens with one attached hydrogen (secondary N) is 1. The Morgan fingerprint density at radius 1 is 1.20 bits per heavy atom. The van der Waals surface area contributed by atoms with Crippen molar-refractivity contribution >= 4 is 24.5 Å². The fourth-order valence-electron chi connectivity index (χ4n) is 5.56. The first-order valence-electron chi connectivity index (χ1n) is 13.2. The van der Waals surface area contributed by atoms with Crippen LogP contribution in [0.2, 0.25) is 0 Å². The zero-order valence-electron chi connectivity index (χ0n) is 22.2. The Balaban J connectivity index is 0.000000259. The van der Waals surface area contributed by atoms with Crippen molar-refractivity contribution in [1.29, 1.82) is 0 Å². The first-order valence-corrected chi connectivity index (χ1v) is 13.8. The van der Waals surface area contributed by atoms with Crippen LogP contribution in [0.5, 0.6) is 5.88 Å². The second-order valence-electron chi connectivity index (χ2n) is 10.5. The first kappa shape index (κ1) is 30.2. The number of aromatic nitrogens is 3. The average Bonchev–Trinajstić information content (AvgIpc) is 3.57. The summed E-state index contributed by atoms with van der Waals surface area (Å²) < 4.78 is 70.0. The largest absolute Gasteiger partial charge is 0.481 e. The lowest BCUT2D eigenvalue weighted by molar-refractivity contribution is -0.182. The Labute approximate surface area is 233 Å². The third-order valence-corrected chi connectivity index (χ3v) is 8.49. The van der Waals surface area contributed by atoms with Crippen LogP contribution < -0.4 is 10.1 Å². The molecule has 1 aliphatic heterocycles. The molecule has 0 radical (unpaired) electrons. The SMILES string of the molecule is CNC1CCC(C(F)(F)F)CC1.COc1cc(-c2cc(C(=O)N3CCC(C=O)CC34CC4)nn2SF)c(F)cn1. The zero-order valence-corrected chi connectivity index (χ0v) is 23.0. The topological polar surface area (TPSA) is 89.4 Å². The van der Waals surface area contributed by atoms with Gasteiger partial charge in [0, 0.05) is 35.7 Å². The summed E-state index contributed by atoms with van der Waals surface area (Å²) >= 11 is -0.223. The number of hydrogen-bond acceptors (Lipinski definition) is 7. The number of rotatable bonds is 6. The molecule has 2 aliphatic carbocycles. The molecule has 3 aliphatic rings. The fourth-order valence-corrected chi connectivity index (χ4v) is 5.91. The van der Waals surface area contributed by atoms with Crippen LogP contribution >= 0.6 is 12.3 Å². The van der Waals surface area contributed by atoms with Crippen molar-refractivity contribution in [3.63, 3.8) is 0 Å². The minimum Gasteiger partial charge on any atom is -0.481 e. The van der Waals surface area contributed by atoms with Crippen molar-refractivity contribution in [1.82, 2.24) is 24.4 Å². The molecule has 1 N–H and O–H groups in total. The maximum absolute atomic E-state index is 14.3. The Morgan fingerprint density at radius 3 is 2.45 bits per heavy atom. The molecule has 5 rings (SSSR count). The number of pyridine rings is 1. The Bertz CT molecular complexity index is 1200. The monoisotopic (exact) mass is 589 g/mol. The van der Waals surface area contributed by atoms with E-state index in [0.717, 1.165) is 29.4 Å². The Kier molecular flexibility index (Phi) is 9.38. The number of alkyl halides is 3. The van der Waals surface area contributed by atoms with Crippen molar-refractivity contribution in [3.8, 4) is 17.1 Å². The number of methoxy groups -OCH3 is 1. The predicted octanol–water partition coefficient (Wildman–Crippen LogP) is 5.38. The van der Waals surface area contributed by atoms with Crippen LogP contribution in [0.1, 0.15) is 61.9 Å². The van der Waals surface area contributed by atoms with Gasteiger partial charge in [0.25, 0.3) is 5.91 Å². The molecule has 1 atom stereocenters. The van der Waals surface area contributed by atoms with Crippen LogP contribution in [0.4, 0.5) is 21.4 Å². The number of amides is 1. The van der Waals surface area contributed by atoms with Gasteiger partial charge in [0.05, 0.1) is 24.9 Å². The normalized spacial score (nSPS) is 23.8. The highest BCUT2D eigenvalue weighted by molar-refractivity contribution is 7.92. The molecule has 3 fully saturated rings. The molecule has 1 spiro atoms. The summed E-state index contributed by atoms with van der Waals surface area (Å²) in [4.78, 5) is 29.7. The van der Waals surface area contributed by atoms with Gasteiger partial charge in [-0.05, 0) is 64.5 Å². The highest BCUT2D eigenvalue weighted by atomic mass is 32.2. The standard InChI is InChI=1S/C18H18F2N4O3S.C8H14F3N/c1-27-16-6-12(13(19)9-21-16)15-7-14(22-24(15)28-20)17(26)23-5-2-11(10-25)8-18(23)3-4-18;1-12-7-4-2-6(3-5-7)8(9,10)11/h6-7,9-11H,2-5,8H2,1H3;6-7,12H,2-5H2,1H3. The van der Waals surface area contributed by atoms with E-state index < -0.39 is 17.9 Å². The van der Waals surface area contributed by atoms with Gasteiger partial charge in [0.2, 0.25) is 5.88 Å². The van der Waals surface area contributed by atoms with E-state index in [2.05, 4.69) is 15.4 Å². The summed E-state index contributed by atoms with van der Waals surface area (Å²) in [7, 11) is 3.19. The summed E-state index contributed by atoms with van der Waals surface area (Å²) in [6, 6.07) is 2.99. The zero-order chi connectivity index (χ0) is 29.1. The third-order valence-electron chi connectivity index (χ3n) is 8.08. The van der Waals surface area contributed by atoms with Gasteiger partial charge >= 0.3 is 6.18 Å². The highest BCUT2D eigenvalue weighted by Crippen LogP contribution is 2.50. The molecule has 220 valence electrons. The molecule has 3 heterocycles. The van der Waals surface area contributed by atoms with Crippen LogP contribution in [0.15, 0.2) is 18.3 Å². The number of likely N-dealkylation sites (tertiary alicyclic amines) is 1. The molecule has 40 heavy (non-hydrogen) atoms. The highest BCUT2D eigenvalue weighted by Gasteiger charge is 2.53. The summed E-state index contributed by atoms with van der Waals surface area (Å²) in [6.45, 7) is 0.449. The van der Waals surface area contributed by atoms with Gasteiger partial charge in [-0.1, -0.05) is 0 Å². The van der Waals surface area contributed by atoms with Crippen LogP contribution in [0.3, 0.4) is 0 Å². The van der Waals surface area contributed by atoms with E-state index in [1.165, 1.54) is 19.2 Å². The van der Waals surface area contributed by atoms with Crippen molar-refractivity contribution in [2.45, 2.75) is 69.1 Å². The molecule has 2 aromatic heterocycles. The smallest absolute Gasteiger partial charge is 0.391 e. The second kappa shape index (κ2) is 12.4. The van der Waals surface area contributed by atoms with Crippen molar-refractivity contribution in [2.24, 2.45) is 11.8 Å². The molecule has 2 aromatic rings. The molecule has 1 amide bonds. The van der Waals surface area contributed by atoms with E-state index in [-0.39, 0.29) is 65.4 Å². The van der Waals surface area contributed by atoms with Gasteiger partial charge in [-0.25, -0.2) is 9.37 Å². The summed E-state index contributed by atoms with van der Waals surface area (Å²) in [6.07, 6.45) is 2.75. The summed E-state index contributed by atoms with van der Waals surface area (Å²) in [5.41, 5.74) is -0.143. The van der Waals surface area contributed by atoms with E-state index >= 15 is 0 Å². The van der Waals surface area contributed by atoms with Gasteiger partial charge in [0.1, 0.15) is 6.29 Å². The number of carbonyl (C=O) groups is 2.